The van der Waals surface area contributed by atoms with Crippen molar-refractivity contribution in [1.82, 2.24) is 14.9 Å². The normalized spacial score (nSPS) is 14.5. The van der Waals surface area contributed by atoms with Gasteiger partial charge in [-0.1, -0.05) is 17.7 Å². The smallest absolute Gasteiger partial charge is 0.241 e. The van der Waals surface area contributed by atoms with Crippen LogP contribution in [0, 0.1) is 5.82 Å². The molecule has 10 heteroatoms. The molecule has 0 radical (unpaired) electrons. The highest BCUT2D eigenvalue weighted by molar-refractivity contribution is 6.31. The fourth-order valence-corrected chi connectivity index (χ4v) is 3.82. The van der Waals surface area contributed by atoms with Gasteiger partial charge in [-0.05, 0) is 30.7 Å². The molecule has 0 saturated carbocycles. The summed E-state index contributed by atoms with van der Waals surface area (Å²) in [5.41, 5.74) is 6.71. The molecule has 0 bridgehead atoms. The minimum absolute atomic E-state index is 0.00112. The number of hydrogen-bond donors (Lipinski definition) is 2. The number of morpholine rings is 1. The zero-order chi connectivity index (χ0) is 23.9. The lowest BCUT2D eigenvalue weighted by atomic mass is 10.1. The van der Waals surface area contributed by atoms with E-state index in [2.05, 4.69) is 20.2 Å². The summed E-state index contributed by atoms with van der Waals surface area (Å²) in [5.74, 6) is -0.212. The Kier molecular flexibility index (Phi) is 7.89. The van der Waals surface area contributed by atoms with Gasteiger partial charge in [0.05, 0.1) is 36.0 Å². The first kappa shape index (κ1) is 23.9. The van der Waals surface area contributed by atoms with Gasteiger partial charge in [0, 0.05) is 42.7 Å². The molecule has 3 N–H and O–H groups in total. The highest BCUT2D eigenvalue weighted by Crippen LogP contribution is 2.32. The zero-order valence-corrected chi connectivity index (χ0v) is 19.2. The van der Waals surface area contributed by atoms with Crippen LogP contribution in [0.25, 0.3) is 17.0 Å². The summed E-state index contributed by atoms with van der Waals surface area (Å²) in [5, 5.41) is 3.59. The van der Waals surface area contributed by atoms with Crippen molar-refractivity contribution in [3.05, 3.63) is 59.1 Å². The molecule has 34 heavy (non-hydrogen) atoms. The molecule has 1 saturated heterocycles. The van der Waals surface area contributed by atoms with Gasteiger partial charge in [-0.2, -0.15) is 0 Å². The largest absolute Gasteiger partial charge is 0.493 e. The van der Waals surface area contributed by atoms with Crippen molar-refractivity contribution in [2.45, 2.75) is 6.42 Å². The highest BCUT2D eigenvalue weighted by Gasteiger charge is 2.14. The molecule has 8 nitrogen and oxygen atoms in total. The predicted molar refractivity (Wildman–Crippen MR) is 130 cm³/mol. The summed E-state index contributed by atoms with van der Waals surface area (Å²) >= 11 is 5.90. The number of amides is 1. The molecule has 1 aliphatic rings. The summed E-state index contributed by atoms with van der Waals surface area (Å²) in [6.45, 7) is 4.74. The molecule has 0 aliphatic carbocycles. The van der Waals surface area contributed by atoms with Gasteiger partial charge in [0.1, 0.15) is 17.9 Å². The van der Waals surface area contributed by atoms with Crippen LogP contribution in [0.4, 0.5) is 15.9 Å². The number of nitrogens with two attached hydrogens (primary N) is 1. The zero-order valence-electron chi connectivity index (χ0n) is 18.5. The van der Waals surface area contributed by atoms with Crippen LogP contribution < -0.4 is 15.8 Å². The van der Waals surface area contributed by atoms with Gasteiger partial charge in [-0.3, -0.25) is 9.69 Å². The number of nitrogens with one attached hydrogen (secondary N) is 1. The average Bonchev–Trinajstić information content (AvgIpc) is 2.84. The Labute approximate surface area is 201 Å². The lowest BCUT2D eigenvalue weighted by Crippen LogP contribution is -2.37. The van der Waals surface area contributed by atoms with Gasteiger partial charge in [-0.25, -0.2) is 14.4 Å². The van der Waals surface area contributed by atoms with Crippen molar-refractivity contribution in [3.8, 4) is 5.75 Å². The molecule has 1 fully saturated rings. The van der Waals surface area contributed by atoms with Crippen LogP contribution in [-0.2, 0) is 9.53 Å². The second-order valence-electron chi connectivity index (χ2n) is 7.75. The number of carbonyl (C=O) groups excluding carboxylic acids is 1. The maximum atomic E-state index is 14.4. The van der Waals surface area contributed by atoms with Gasteiger partial charge in [0.15, 0.2) is 5.82 Å². The van der Waals surface area contributed by atoms with Crippen LogP contribution in [0.5, 0.6) is 5.75 Å². The number of nitrogens with zero attached hydrogens (tertiary/aromatic N) is 3. The van der Waals surface area contributed by atoms with Gasteiger partial charge in [0.2, 0.25) is 5.91 Å². The summed E-state index contributed by atoms with van der Waals surface area (Å²) < 4.78 is 25.8. The van der Waals surface area contributed by atoms with E-state index in [-0.39, 0.29) is 10.7 Å². The molecule has 2 heterocycles. The molecule has 1 amide bonds. The van der Waals surface area contributed by atoms with Crippen molar-refractivity contribution in [2.75, 3.05) is 44.8 Å². The first-order chi connectivity index (χ1) is 16.5. The number of ether oxygens (including phenoxy) is 2. The summed E-state index contributed by atoms with van der Waals surface area (Å²) in [7, 11) is 0. The van der Waals surface area contributed by atoms with Gasteiger partial charge < -0.3 is 20.5 Å². The molecule has 0 unspecified atom stereocenters. The van der Waals surface area contributed by atoms with E-state index in [0.717, 1.165) is 39.3 Å². The van der Waals surface area contributed by atoms with Crippen LogP contribution in [0.2, 0.25) is 5.02 Å². The molecule has 1 aromatic heterocycles. The van der Waals surface area contributed by atoms with Crippen molar-refractivity contribution >= 4 is 46.0 Å². The molecule has 2 aromatic carbocycles. The fourth-order valence-electron chi connectivity index (χ4n) is 3.65. The average molecular weight is 486 g/mol. The Bertz CT molecular complexity index is 1200. The van der Waals surface area contributed by atoms with E-state index in [1.54, 1.807) is 30.3 Å². The lowest BCUT2D eigenvalue weighted by molar-refractivity contribution is -0.113. The minimum Gasteiger partial charge on any atom is -0.493 e. The second-order valence-corrected chi connectivity index (χ2v) is 8.15. The molecule has 3 aromatic rings. The number of carbonyl (C=O) groups is 1. The molecule has 4 rings (SSSR count). The van der Waals surface area contributed by atoms with Gasteiger partial charge >= 0.3 is 0 Å². The maximum Gasteiger partial charge on any atom is 0.241 e. The quantitative estimate of drug-likeness (QED) is 0.351. The summed E-state index contributed by atoms with van der Waals surface area (Å²) in [6.07, 6.45) is 5.06. The van der Waals surface area contributed by atoms with Gasteiger partial charge in [0.25, 0.3) is 0 Å². The second kappa shape index (κ2) is 11.2. The predicted octanol–water partition coefficient (Wildman–Crippen LogP) is 3.77. The number of primary amides is 1. The van der Waals surface area contributed by atoms with Crippen molar-refractivity contribution < 1.29 is 18.7 Å². The van der Waals surface area contributed by atoms with Crippen LogP contribution in [-0.4, -0.2) is 60.2 Å². The van der Waals surface area contributed by atoms with Crippen molar-refractivity contribution in [3.63, 3.8) is 0 Å². The highest BCUT2D eigenvalue weighted by atomic mass is 35.5. The van der Waals surface area contributed by atoms with Crippen molar-refractivity contribution in [2.24, 2.45) is 5.73 Å². The number of rotatable bonds is 9. The van der Waals surface area contributed by atoms with Crippen LogP contribution in [0.3, 0.4) is 0 Å². The topological polar surface area (TPSA) is 103 Å². The molecule has 178 valence electrons. The Balaban J connectivity index is 1.58. The van der Waals surface area contributed by atoms with E-state index in [1.165, 1.54) is 18.5 Å². The van der Waals surface area contributed by atoms with E-state index in [1.807, 2.05) is 0 Å². The maximum absolute atomic E-state index is 14.4. The Morgan fingerprint density at radius 1 is 1.29 bits per heavy atom. The number of anilines is 2. The first-order valence-corrected chi connectivity index (χ1v) is 11.3. The van der Waals surface area contributed by atoms with E-state index in [4.69, 9.17) is 26.8 Å². The van der Waals surface area contributed by atoms with E-state index >= 15 is 0 Å². The molecular weight excluding hydrogens is 461 g/mol. The number of aromatic nitrogens is 2. The first-order valence-electron chi connectivity index (χ1n) is 10.9. The van der Waals surface area contributed by atoms with Crippen LogP contribution in [0.15, 0.2) is 42.7 Å². The lowest BCUT2D eigenvalue weighted by Gasteiger charge is -2.26. The number of hydrogen-bond acceptors (Lipinski definition) is 7. The SMILES string of the molecule is NC(=O)C=Cc1cc2c(Nc3cccc(Cl)c3F)ncnc2cc1OCCCN1CCOCC1. The minimum atomic E-state index is -0.581. The fraction of sp³-hybridized carbons (Fsp3) is 0.292. The Morgan fingerprint density at radius 2 is 2.12 bits per heavy atom. The third kappa shape index (κ3) is 5.99. The molecule has 0 spiro atoms. The van der Waals surface area contributed by atoms with E-state index < -0.39 is 11.7 Å². The standard InChI is InChI=1S/C24H25ClFN5O3/c25-18-3-1-4-19(23(18)26)30-24-17-13-16(5-6-22(27)32)21(14-20(17)28-15-29-24)34-10-2-7-31-8-11-33-12-9-31/h1,3-6,13-15H,2,7-12H2,(H2,27,32)(H,28,29,30). The number of halogens is 2. The third-order valence-electron chi connectivity index (χ3n) is 5.38. The number of benzene rings is 2. The van der Waals surface area contributed by atoms with E-state index in [9.17, 15) is 9.18 Å². The summed E-state index contributed by atoms with van der Waals surface area (Å²) in [4.78, 5) is 22.3. The Morgan fingerprint density at radius 3 is 2.91 bits per heavy atom. The summed E-state index contributed by atoms with van der Waals surface area (Å²) in [6, 6.07) is 8.22. The Hall–Kier alpha value is -3.27. The van der Waals surface area contributed by atoms with Crippen LogP contribution >= 0.6 is 11.6 Å². The number of fused-ring (bicyclic) bond motifs is 1. The van der Waals surface area contributed by atoms with E-state index in [0.29, 0.717) is 34.6 Å². The molecule has 0 atom stereocenters. The third-order valence-corrected chi connectivity index (χ3v) is 5.67. The molecule has 1 aliphatic heterocycles. The van der Waals surface area contributed by atoms with Crippen LogP contribution in [0.1, 0.15) is 12.0 Å². The van der Waals surface area contributed by atoms with Crippen molar-refractivity contribution in [1.29, 1.82) is 0 Å². The van der Waals surface area contributed by atoms with Gasteiger partial charge in [-0.15, -0.1) is 0 Å². The monoisotopic (exact) mass is 485 g/mol. The molecular formula is C24H25ClFN5O3.